The molecule has 0 aliphatic heterocycles. The van der Waals surface area contributed by atoms with Crippen LogP contribution in [0.2, 0.25) is 0 Å². The lowest BCUT2D eigenvalue weighted by Crippen LogP contribution is -2.31. The number of amides is 1. The lowest BCUT2D eigenvalue weighted by atomic mass is 10.1. The normalized spacial score (nSPS) is 10.9. The molecule has 0 aliphatic rings. The predicted octanol–water partition coefficient (Wildman–Crippen LogP) is 2.19. The minimum Gasteiger partial charge on any atom is -0.505 e. The maximum Gasteiger partial charge on any atom is 0.322 e. The van der Waals surface area contributed by atoms with Gasteiger partial charge in [0.05, 0.1) is 0 Å². The van der Waals surface area contributed by atoms with Crippen LogP contribution in [0, 0.1) is 0 Å². The van der Waals surface area contributed by atoms with Gasteiger partial charge in [0.1, 0.15) is 24.4 Å². The van der Waals surface area contributed by atoms with Crippen molar-refractivity contribution < 1.29 is 24.5 Å². The smallest absolute Gasteiger partial charge is 0.322 e. The molecule has 0 spiro atoms. The quantitative estimate of drug-likeness (QED) is 0.486. The molecule has 0 saturated heterocycles. The number of fused-ring (bicyclic) bond motifs is 3. The van der Waals surface area contributed by atoms with E-state index in [0.717, 1.165) is 0 Å². The van der Waals surface area contributed by atoms with Gasteiger partial charge in [-0.3, -0.25) is 9.59 Å². The molecule has 2 heterocycles. The van der Waals surface area contributed by atoms with Crippen LogP contribution in [0.5, 0.6) is 17.2 Å². The maximum absolute atomic E-state index is 12.4. The number of aromatic nitrogens is 3. The van der Waals surface area contributed by atoms with Crippen molar-refractivity contribution in [3.05, 3.63) is 60.6 Å². The zero-order valence-electron chi connectivity index (χ0n) is 14.4. The number of para-hydroxylation sites is 1. The Balaban J connectivity index is 1.82. The highest BCUT2D eigenvalue weighted by Gasteiger charge is 2.22. The molecule has 0 atom stereocenters. The largest absolute Gasteiger partial charge is 0.505 e. The summed E-state index contributed by atoms with van der Waals surface area (Å²) in [5, 5.41) is 26.5. The van der Waals surface area contributed by atoms with Gasteiger partial charge in [0.25, 0.3) is 5.91 Å². The molecule has 3 N–H and O–H groups in total. The first-order valence-electron chi connectivity index (χ1n) is 8.26. The number of nitrogens with zero attached hydrogens (tertiary/aromatic N) is 3. The van der Waals surface area contributed by atoms with Crippen molar-refractivity contribution in [3.8, 4) is 17.2 Å². The molecule has 0 fully saturated rings. The second-order valence-corrected chi connectivity index (χ2v) is 5.89. The van der Waals surface area contributed by atoms with Gasteiger partial charge in [-0.1, -0.05) is 18.2 Å². The number of carboxylic acids is 1. The minimum absolute atomic E-state index is 0.196. The summed E-state index contributed by atoms with van der Waals surface area (Å²) in [6.45, 7) is -0.587. The van der Waals surface area contributed by atoms with Crippen LogP contribution in [-0.2, 0) is 4.79 Å². The Morgan fingerprint density at radius 2 is 1.86 bits per heavy atom. The molecule has 4 aromatic rings. The first kappa shape index (κ1) is 17.3. The van der Waals surface area contributed by atoms with E-state index in [9.17, 15) is 14.7 Å². The Morgan fingerprint density at radius 1 is 1.07 bits per heavy atom. The van der Waals surface area contributed by atoms with Gasteiger partial charge in [-0.25, -0.2) is 9.50 Å². The van der Waals surface area contributed by atoms with Crippen LogP contribution >= 0.6 is 0 Å². The number of benzene rings is 2. The van der Waals surface area contributed by atoms with Gasteiger partial charge in [-0.15, -0.1) is 0 Å². The van der Waals surface area contributed by atoms with E-state index in [4.69, 9.17) is 9.84 Å². The number of aromatic hydroxyl groups is 1. The predicted molar refractivity (Wildman–Crippen MR) is 98.6 cm³/mol. The molecular formula is C19H14N4O5. The molecule has 28 heavy (non-hydrogen) atoms. The van der Waals surface area contributed by atoms with Gasteiger partial charge in [0.15, 0.2) is 17.1 Å². The average molecular weight is 378 g/mol. The highest BCUT2D eigenvalue weighted by atomic mass is 16.5. The molecule has 0 bridgehead atoms. The molecule has 0 aliphatic carbocycles. The van der Waals surface area contributed by atoms with E-state index in [-0.39, 0.29) is 11.4 Å². The van der Waals surface area contributed by atoms with E-state index in [2.05, 4.69) is 15.4 Å². The SMILES string of the molecule is O=C(O)CNC(=O)c1c(O)c2ccc(Oc3ccccc3)cc2c2ncnn12. The third-order valence-electron chi connectivity index (χ3n) is 4.07. The van der Waals surface area contributed by atoms with Crippen LogP contribution < -0.4 is 10.1 Å². The average Bonchev–Trinajstić information content (AvgIpc) is 3.17. The van der Waals surface area contributed by atoms with Gasteiger partial charge >= 0.3 is 5.97 Å². The summed E-state index contributed by atoms with van der Waals surface area (Å²) >= 11 is 0. The topological polar surface area (TPSA) is 126 Å². The number of nitrogens with one attached hydrogen (secondary N) is 1. The number of hydrogen-bond donors (Lipinski definition) is 3. The molecule has 0 unspecified atom stereocenters. The van der Waals surface area contributed by atoms with E-state index in [1.165, 1.54) is 10.8 Å². The Labute approximate surface area is 157 Å². The number of carbonyl (C=O) groups excluding carboxylic acids is 1. The molecule has 140 valence electrons. The Hall–Kier alpha value is -4.14. The van der Waals surface area contributed by atoms with E-state index in [1.54, 1.807) is 18.2 Å². The molecule has 2 aromatic carbocycles. The zero-order chi connectivity index (χ0) is 19.7. The monoisotopic (exact) mass is 378 g/mol. The second-order valence-electron chi connectivity index (χ2n) is 5.89. The van der Waals surface area contributed by atoms with E-state index < -0.39 is 18.4 Å². The maximum atomic E-state index is 12.4. The number of ether oxygens (including phenoxy) is 1. The van der Waals surface area contributed by atoms with E-state index in [1.807, 2.05) is 30.3 Å². The summed E-state index contributed by atoms with van der Waals surface area (Å²) in [4.78, 5) is 27.3. The molecule has 9 nitrogen and oxygen atoms in total. The summed E-state index contributed by atoms with van der Waals surface area (Å²) in [5.74, 6) is -1.14. The van der Waals surface area contributed by atoms with Crippen molar-refractivity contribution in [2.45, 2.75) is 0 Å². The summed E-state index contributed by atoms with van der Waals surface area (Å²) in [6.07, 6.45) is 1.24. The summed E-state index contributed by atoms with van der Waals surface area (Å²) in [6, 6.07) is 14.1. The van der Waals surface area contributed by atoms with Crippen LogP contribution in [-0.4, -0.2) is 43.2 Å². The third kappa shape index (κ3) is 3.05. The fraction of sp³-hybridized carbons (Fsp3) is 0.0526. The summed E-state index contributed by atoms with van der Waals surface area (Å²) in [7, 11) is 0. The van der Waals surface area contributed by atoms with E-state index >= 15 is 0 Å². The third-order valence-corrected chi connectivity index (χ3v) is 4.07. The lowest BCUT2D eigenvalue weighted by molar-refractivity contribution is -0.135. The molecule has 0 saturated carbocycles. The standard InChI is InChI=1S/C19H14N4O5/c24-15(25)9-20-19(27)16-17(26)13-7-6-12(28-11-4-2-1-3-5-11)8-14(13)18-21-10-22-23(16)18/h1-8,10,26H,9H2,(H,20,27)(H,24,25). The van der Waals surface area contributed by atoms with E-state index in [0.29, 0.717) is 27.9 Å². The molecule has 2 aromatic heterocycles. The highest BCUT2D eigenvalue weighted by Crippen LogP contribution is 2.34. The van der Waals surface area contributed by atoms with Gasteiger partial charge in [0.2, 0.25) is 0 Å². The zero-order valence-corrected chi connectivity index (χ0v) is 14.4. The minimum atomic E-state index is -1.20. The van der Waals surface area contributed by atoms with Crippen LogP contribution in [0.4, 0.5) is 0 Å². The molecular weight excluding hydrogens is 364 g/mol. The van der Waals surface area contributed by atoms with Crippen molar-refractivity contribution in [3.63, 3.8) is 0 Å². The van der Waals surface area contributed by atoms with Crippen LogP contribution in [0.1, 0.15) is 10.5 Å². The van der Waals surface area contributed by atoms with Crippen molar-refractivity contribution in [1.82, 2.24) is 19.9 Å². The van der Waals surface area contributed by atoms with Gasteiger partial charge in [0, 0.05) is 10.8 Å². The van der Waals surface area contributed by atoms with Gasteiger partial charge < -0.3 is 20.3 Å². The van der Waals surface area contributed by atoms with Crippen LogP contribution in [0.15, 0.2) is 54.9 Å². The van der Waals surface area contributed by atoms with Gasteiger partial charge in [-0.05, 0) is 30.3 Å². The van der Waals surface area contributed by atoms with Crippen molar-refractivity contribution in [2.75, 3.05) is 6.54 Å². The first-order chi connectivity index (χ1) is 13.5. The molecule has 9 heteroatoms. The molecule has 4 rings (SSSR count). The number of carbonyl (C=O) groups is 2. The summed E-state index contributed by atoms with van der Waals surface area (Å²) in [5.41, 5.74) is 0.129. The lowest BCUT2D eigenvalue weighted by Gasteiger charge is -2.12. The number of hydrogen-bond acceptors (Lipinski definition) is 6. The van der Waals surface area contributed by atoms with Crippen molar-refractivity contribution in [1.29, 1.82) is 0 Å². The van der Waals surface area contributed by atoms with Gasteiger partial charge in [-0.2, -0.15) is 5.10 Å². The molecule has 0 radical (unpaired) electrons. The highest BCUT2D eigenvalue weighted by molar-refractivity contribution is 6.07. The number of aliphatic carboxylic acids is 1. The Kier molecular flexibility index (Phi) is 4.24. The van der Waals surface area contributed by atoms with Crippen molar-refractivity contribution >= 4 is 28.3 Å². The Bertz CT molecular complexity index is 1200. The van der Waals surface area contributed by atoms with Crippen molar-refractivity contribution in [2.24, 2.45) is 0 Å². The Morgan fingerprint density at radius 3 is 2.61 bits per heavy atom. The number of rotatable bonds is 5. The summed E-state index contributed by atoms with van der Waals surface area (Å²) < 4.78 is 6.98. The number of carboxylic acid groups (broad SMARTS) is 1. The van der Waals surface area contributed by atoms with Crippen LogP contribution in [0.25, 0.3) is 16.4 Å². The molecule has 1 amide bonds. The second kappa shape index (κ2) is 6.88. The number of pyridine rings is 1. The fourth-order valence-electron chi connectivity index (χ4n) is 2.86. The van der Waals surface area contributed by atoms with Crippen LogP contribution in [0.3, 0.4) is 0 Å². The first-order valence-corrected chi connectivity index (χ1v) is 8.26. The fourth-order valence-corrected chi connectivity index (χ4v) is 2.86.